The van der Waals surface area contributed by atoms with E-state index in [1.807, 2.05) is 18.2 Å². The number of nitrogens with zero attached hydrogens (tertiary/aromatic N) is 2. The Morgan fingerprint density at radius 2 is 1.82 bits per heavy atom. The Kier molecular flexibility index (Phi) is 5.38. The summed E-state index contributed by atoms with van der Waals surface area (Å²) >= 11 is 1.28. The van der Waals surface area contributed by atoms with Crippen LogP contribution in [-0.2, 0) is 16.0 Å². The van der Waals surface area contributed by atoms with Gasteiger partial charge in [0.1, 0.15) is 6.54 Å². The lowest BCUT2D eigenvalue weighted by molar-refractivity contribution is -0.120. The highest BCUT2D eigenvalue weighted by Gasteiger charge is 2.34. The Labute approximate surface area is 167 Å². The molecule has 0 atom stereocenters. The molecule has 2 fully saturated rings. The molecular formula is C20H22N4O3S. The highest BCUT2D eigenvalue weighted by atomic mass is 32.1. The van der Waals surface area contributed by atoms with E-state index in [0.29, 0.717) is 22.4 Å². The van der Waals surface area contributed by atoms with E-state index >= 15 is 0 Å². The van der Waals surface area contributed by atoms with Crippen molar-refractivity contribution in [2.24, 2.45) is 0 Å². The zero-order valence-electron chi connectivity index (χ0n) is 15.4. The van der Waals surface area contributed by atoms with E-state index in [1.165, 1.54) is 11.3 Å². The van der Waals surface area contributed by atoms with Crippen LogP contribution in [0.25, 0.3) is 0 Å². The Morgan fingerprint density at radius 3 is 2.50 bits per heavy atom. The van der Waals surface area contributed by atoms with Crippen LogP contribution >= 0.6 is 11.3 Å². The molecule has 0 bridgehead atoms. The minimum absolute atomic E-state index is 0.00449. The first-order valence-corrected chi connectivity index (χ1v) is 10.4. The molecule has 1 aromatic heterocycles. The standard InChI is InChI=1S/C20H22N4O3S/c25-17(21-14-6-7-14)10-15-12-28-20(22-15)23-18(26)11-24(16-8-9-16)19(27)13-4-2-1-3-5-13/h1-5,12,14,16H,6-11H2,(H,21,25)(H,22,23,26). The Bertz CT molecular complexity index is 875. The van der Waals surface area contributed by atoms with Crippen molar-refractivity contribution in [2.45, 2.75) is 44.2 Å². The summed E-state index contributed by atoms with van der Waals surface area (Å²) in [6.07, 6.45) is 4.14. The summed E-state index contributed by atoms with van der Waals surface area (Å²) in [4.78, 5) is 43.0. The van der Waals surface area contributed by atoms with Gasteiger partial charge in [-0.25, -0.2) is 4.98 Å². The van der Waals surface area contributed by atoms with Crippen molar-refractivity contribution in [1.29, 1.82) is 0 Å². The van der Waals surface area contributed by atoms with Gasteiger partial charge in [0.2, 0.25) is 11.8 Å². The Balaban J connectivity index is 1.32. The van der Waals surface area contributed by atoms with Gasteiger partial charge in [-0.15, -0.1) is 11.3 Å². The number of benzene rings is 1. The van der Waals surface area contributed by atoms with Crippen molar-refractivity contribution in [3.05, 3.63) is 47.0 Å². The second-order valence-electron chi connectivity index (χ2n) is 7.24. The number of aromatic nitrogens is 1. The molecule has 0 unspecified atom stereocenters. The largest absolute Gasteiger partial charge is 0.353 e. The summed E-state index contributed by atoms with van der Waals surface area (Å²) in [6.45, 7) is -0.00449. The van der Waals surface area contributed by atoms with Crippen molar-refractivity contribution < 1.29 is 14.4 Å². The first-order valence-electron chi connectivity index (χ1n) is 9.48. The lowest BCUT2D eigenvalue weighted by Gasteiger charge is -2.21. The number of rotatable bonds is 8. The molecule has 146 valence electrons. The molecule has 28 heavy (non-hydrogen) atoms. The second-order valence-corrected chi connectivity index (χ2v) is 8.10. The van der Waals surface area contributed by atoms with Crippen LogP contribution in [0.2, 0.25) is 0 Å². The molecule has 2 N–H and O–H groups in total. The first-order chi connectivity index (χ1) is 13.6. The topological polar surface area (TPSA) is 91.4 Å². The average molecular weight is 398 g/mol. The van der Waals surface area contributed by atoms with Crippen LogP contribution in [0.4, 0.5) is 5.13 Å². The minimum Gasteiger partial charge on any atom is -0.353 e. The quantitative estimate of drug-likeness (QED) is 0.713. The van der Waals surface area contributed by atoms with Gasteiger partial charge < -0.3 is 15.5 Å². The van der Waals surface area contributed by atoms with Crippen molar-refractivity contribution in [3.8, 4) is 0 Å². The summed E-state index contributed by atoms with van der Waals surface area (Å²) in [5, 5.41) is 7.89. The zero-order valence-corrected chi connectivity index (χ0v) is 16.2. The molecule has 2 aromatic rings. The van der Waals surface area contributed by atoms with E-state index in [4.69, 9.17) is 0 Å². The summed E-state index contributed by atoms with van der Waals surface area (Å²) in [5.41, 5.74) is 1.22. The van der Waals surface area contributed by atoms with Crippen molar-refractivity contribution in [2.75, 3.05) is 11.9 Å². The molecule has 4 rings (SSSR count). The highest BCUT2D eigenvalue weighted by Crippen LogP contribution is 2.28. The number of anilines is 1. The monoisotopic (exact) mass is 398 g/mol. The normalized spacial score (nSPS) is 15.7. The molecule has 2 aliphatic carbocycles. The van der Waals surface area contributed by atoms with E-state index < -0.39 is 0 Å². The summed E-state index contributed by atoms with van der Waals surface area (Å²) < 4.78 is 0. The van der Waals surface area contributed by atoms with Gasteiger partial charge >= 0.3 is 0 Å². The van der Waals surface area contributed by atoms with Crippen LogP contribution in [0.5, 0.6) is 0 Å². The molecule has 1 heterocycles. The predicted octanol–water partition coefficient (Wildman–Crippen LogP) is 2.21. The maximum Gasteiger partial charge on any atom is 0.254 e. The van der Waals surface area contributed by atoms with E-state index in [9.17, 15) is 14.4 Å². The molecule has 7 nitrogen and oxygen atoms in total. The van der Waals surface area contributed by atoms with Crippen LogP contribution in [0.3, 0.4) is 0 Å². The maximum absolute atomic E-state index is 12.7. The molecule has 0 aliphatic heterocycles. The van der Waals surface area contributed by atoms with Gasteiger partial charge in [0.15, 0.2) is 5.13 Å². The summed E-state index contributed by atoms with van der Waals surface area (Å²) in [5.74, 6) is -0.451. The predicted molar refractivity (Wildman–Crippen MR) is 106 cm³/mol. The molecule has 2 saturated carbocycles. The third-order valence-electron chi connectivity index (χ3n) is 4.67. The van der Waals surface area contributed by atoms with E-state index in [-0.39, 0.29) is 36.7 Å². The number of carbonyl (C=O) groups is 3. The van der Waals surface area contributed by atoms with Gasteiger partial charge in [-0.2, -0.15) is 0 Å². The Hall–Kier alpha value is -2.74. The third-order valence-corrected chi connectivity index (χ3v) is 5.47. The average Bonchev–Trinajstić information content (AvgIpc) is 3.61. The summed E-state index contributed by atoms with van der Waals surface area (Å²) in [7, 11) is 0. The molecule has 3 amide bonds. The van der Waals surface area contributed by atoms with Gasteiger partial charge in [0.25, 0.3) is 5.91 Å². The van der Waals surface area contributed by atoms with Crippen LogP contribution in [-0.4, -0.2) is 46.2 Å². The lowest BCUT2D eigenvalue weighted by atomic mass is 10.2. The maximum atomic E-state index is 12.7. The van der Waals surface area contributed by atoms with Crippen molar-refractivity contribution >= 4 is 34.2 Å². The van der Waals surface area contributed by atoms with Crippen LogP contribution in [0.15, 0.2) is 35.7 Å². The van der Waals surface area contributed by atoms with Gasteiger partial charge in [0.05, 0.1) is 12.1 Å². The molecule has 0 radical (unpaired) electrons. The Morgan fingerprint density at radius 1 is 1.07 bits per heavy atom. The molecular weight excluding hydrogens is 376 g/mol. The highest BCUT2D eigenvalue weighted by molar-refractivity contribution is 7.13. The minimum atomic E-state index is -0.278. The molecule has 0 saturated heterocycles. The van der Waals surface area contributed by atoms with Crippen LogP contribution < -0.4 is 10.6 Å². The number of hydrogen-bond acceptors (Lipinski definition) is 5. The van der Waals surface area contributed by atoms with Gasteiger partial charge in [0, 0.05) is 23.0 Å². The van der Waals surface area contributed by atoms with E-state index in [0.717, 1.165) is 25.7 Å². The fourth-order valence-corrected chi connectivity index (χ4v) is 3.66. The van der Waals surface area contributed by atoms with Gasteiger partial charge in [-0.1, -0.05) is 18.2 Å². The van der Waals surface area contributed by atoms with Gasteiger partial charge in [-0.05, 0) is 37.8 Å². The first kappa shape index (κ1) is 18.6. The van der Waals surface area contributed by atoms with Crippen molar-refractivity contribution in [3.63, 3.8) is 0 Å². The number of carbonyl (C=O) groups excluding carboxylic acids is 3. The fraction of sp³-hybridized carbons (Fsp3) is 0.400. The summed E-state index contributed by atoms with van der Waals surface area (Å²) in [6, 6.07) is 9.45. The fourth-order valence-electron chi connectivity index (χ4n) is 2.93. The number of hydrogen-bond donors (Lipinski definition) is 2. The lowest BCUT2D eigenvalue weighted by Crippen LogP contribution is -2.39. The number of amides is 3. The van der Waals surface area contributed by atoms with Crippen LogP contribution in [0, 0.1) is 0 Å². The SMILES string of the molecule is O=C(CN(C(=O)c1ccccc1)C1CC1)Nc1nc(CC(=O)NC2CC2)cs1. The smallest absolute Gasteiger partial charge is 0.254 e. The molecule has 8 heteroatoms. The molecule has 1 aromatic carbocycles. The van der Waals surface area contributed by atoms with Crippen molar-refractivity contribution in [1.82, 2.24) is 15.2 Å². The molecule has 0 spiro atoms. The number of nitrogens with one attached hydrogen (secondary N) is 2. The van der Waals surface area contributed by atoms with E-state index in [1.54, 1.807) is 22.4 Å². The van der Waals surface area contributed by atoms with Crippen LogP contribution in [0.1, 0.15) is 41.7 Å². The zero-order chi connectivity index (χ0) is 19.5. The van der Waals surface area contributed by atoms with Gasteiger partial charge in [-0.3, -0.25) is 14.4 Å². The van der Waals surface area contributed by atoms with E-state index in [2.05, 4.69) is 15.6 Å². The third kappa shape index (κ3) is 4.95. The molecule has 2 aliphatic rings. The number of thiazole rings is 1. The second kappa shape index (κ2) is 8.10.